The minimum Gasteiger partial charge on any atom is -0.481 e. The highest BCUT2D eigenvalue weighted by Crippen LogP contribution is 2.22. The van der Waals surface area contributed by atoms with E-state index in [1.165, 1.54) is 0 Å². The van der Waals surface area contributed by atoms with Crippen molar-refractivity contribution in [2.75, 3.05) is 13.1 Å². The van der Waals surface area contributed by atoms with Crippen LogP contribution < -0.4 is 0 Å². The fourth-order valence-electron chi connectivity index (χ4n) is 2.16. The molecule has 2 N–H and O–H groups in total. The SMILES string of the molecule is CCC(CC)N1CC(O)C(C(=O)O)C1. The van der Waals surface area contributed by atoms with Gasteiger partial charge in [-0.1, -0.05) is 13.8 Å². The van der Waals surface area contributed by atoms with Crippen molar-refractivity contribution in [3.63, 3.8) is 0 Å². The molecule has 82 valence electrons. The Kier molecular flexibility index (Phi) is 3.89. The van der Waals surface area contributed by atoms with Crippen molar-refractivity contribution in [1.82, 2.24) is 4.90 Å². The Labute approximate surface area is 84.5 Å². The molecule has 0 saturated carbocycles. The molecular formula is C10H19NO3. The van der Waals surface area contributed by atoms with Crippen LogP contribution in [-0.4, -0.2) is 46.3 Å². The minimum atomic E-state index is -0.883. The Morgan fingerprint density at radius 2 is 2.00 bits per heavy atom. The summed E-state index contributed by atoms with van der Waals surface area (Å²) in [6.07, 6.45) is 1.32. The molecular weight excluding hydrogens is 182 g/mol. The average Bonchev–Trinajstić information content (AvgIpc) is 2.50. The largest absolute Gasteiger partial charge is 0.481 e. The third-order valence-electron chi connectivity index (χ3n) is 3.09. The molecule has 1 rings (SSSR count). The number of nitrogens with zero attached hydrogens (tertiary/aromatic N) is 1. The van der Waals surface area contributed by atoms with Gasteiger partial charge < -0.3 is 10.2 Å². The number of aliphatic carboxylic acids is 1. The van der Waals surface area contributed by atoms with Crippen molar-refractivity contribution >= 4 is 5.97 Å². The fraction of sp³-hybridized carbons (Fsp3) is 0.900. The zero-order valence-electron chi connectivity index (χ0n) is 8.81. The molecule has 0 radical (unpaired) electrons. The lowest BCUT2D eigenvalue weighted by molar-refractivity contribution is -0.143. The van der Waals surface area contributed by atoms with Crippen molar-refractivity contribution in [3.05, 3.63) is 0 Å². The van der Waals surface area contributed by atoms with Gasteiger partial charge >= 0.3 is 5.97 Å². The quantitative estimate of drug-likeness (QED) is 0.697. The van der Waals surface area contributed by atoms with E-state index in [0.29, 0.717) is 19.1 Å². The molecule has 0 aromatic carbocycles. The van der Waals surface area contributed by atoms with Crippen LogP contribution in [0.3, 0.4) is 0 Å². The van der Waals surface area contributed by atoms with Crippen LogP contribution in [0, 0.1) is 5.92 Å². The first-order valence-corrected chi connectivity index (χ1v) is 5.25. The van der Waals surface area contributed by atoms with Crippen molar-refractivity contribution in [3.8, 4) is 0 Å². The van der Waals surface area contributed by atoms with E-state index in [4.69, 9.17) is 5.11 Å². The summed E-state index contributed by atoms with van der Waals surface area (Å²) >= 11 is 0. The lowest BCUT2D eigenvalue weighted by Gasteiger charge is -2.25. The maximum Gasteiger partial charge on any atom is 0.310 e. The summed E-state index contributed by atoms with van der Waals surface area (Å²) in [6.45, 7) is 5.18. The normalized spacial score (nSPS) is 28.6. The lowest BCUT2D eigenvalue weighted by Crippen LogP contribution is -2.33. The first kappa shape index (κ1) is 11.5. The summed E-state index contributed by atoms with van der Waals surface area (Å²) in [6, 6.07) is 0.411. The molecule has 14 heavy (non-hydrogen) atoms. The molecule has 1 aliphatic heterocycles. The minimum absolute atomic E-state index is 0.411. The maximum atomic E-state index is 10.8. The number of aliphatic hydroxyl groups excluding tert-OH is 1. The Morgan fingerprint density at radius 1 is 1.43 bits per heavy atom. The molecule has 0 amide bonds. The van der Waals surface area contributed by atoms with E-state index in [0.717, 1.165) is 12.8 Å². The van der Waals surface area contributed by atoms with Gasteiger partial charge in [0.1, 0.15) is 0 Å². The monoisotopic (exact) mass is 201 g/mol. The Balaban J connectivity index is 2.57. The number of aliphatic hydroxyl groups is 1. The van der Waals surface area contributed by atoms with Crippen molar-refractivity contribution in [2.24, 2.45) is 5.92 Å². The molecule has 1 aliphatic rings. The first-order chi connectivity index (χ1) is 6.60. The number of hydrogen-bond acceptors (Lipinski definition) is 3. The predicted molar refractivity (Wildman–Crippen MR) is 53.1 cm³/mol. The molecule has 0 aliphatic carbocycles. The molecule has 0 aromatic heterocycles. The number of β-amino-alcohol motifs (C(OH)–C–C–N with tert-alkyl or cyclic N) is 1. The Bertz CT molecular complexity index is 204. The highest BCUT2D eigenvalue weighted by Gasteiger charge is 2.38. The van der Waals surface area contributed by atoms with Crippen molar-refractivity contribution < 1.29 is 15.0 Å². The molecule has 0 bridgehead atoms. The number of carbonyl (C=O) groups is 1. The number of likely N-dealkylation sites (tertiary alicyclic amines) is 1. The van der Waals surface area contributed by atoms with Crippen LogP contribution in [0.1, 0.15) is 26.7 Å². The number of hydrogen-bond donors (Lipinski definition) is 2. The van der Waals surface area contributed by atoms with Crippen LogP contribution in [0.25, 0.3) is 0 Å². The van der Waals surface area contributed by atoms with E-state index in [-0.39, 0.29) is 0 Å². The van der Waals surface area contributed by atoms with Gasteiger partial charge in [-0.05, 0) is 12.8 Å². The van der Waals surface area contributed by atoms with E-state index in [2.05, 4.69) is 18.7 Å². The highest BCUT2D eigenvalue weighted by atomic mass is 16.4. The molecule has 2 unspecified atom stereocenters. The standard InChI is InChI=1S/C10H19NO3/c1-3-7(4-2)11-5-8(10(13)14)9(12)6-11/h7-9,12H,3-6H2,1-2H3,(H,13,14). The van der Waals surface area contributed by atoms with Gasteiger partial charge in [-0.25, -0.2) is 0 Å². The average molecular weight is 201 g/mol. The summed E-state index contributed by atoms with van der Waals surface area (Å²) in [7, 11) is 0. The van der Waals surface area contributed by atoms with Gasteiger partial charge in [-0.3, -0.25) is 9.69 Å². The van der Waals surface area contributed by atoms with Gasteiger partial charge in [-0.2, -0.15) is 0 Å². The summed E-state index contributed by atoms with van der Waals surface area (Å²) in [5.74, 6) is -1.48. The zero-order valence-corrected chi connectivity index (χ0v) is 8.81. The molecule has 2 atom stereocenters. The number of carboxylic acids is 1. The van der Waals surface area contributed by atoms with Gasteiger partial charge in [0.05, 0.1) is 12.0 Å². The Hall–Kier alpha value is -0.610. The molecule has 1 fully saturated rings. The van der Waals surface area contributed by atoms with Crippen LogP contribution in [0.4, 0.5) is 0 Å². The highest BCUT2D eigenvalue weighted by molar-refractivity contribution is 5.71. The van der Waals surface area contributed by atoms with Crippen LogP contribution >= 0.6 is 0 Å². The maximum absolute atomic E-state index is 10.8. The molecule has 0 aromatic rings. The third kappa shape index (κ3) is 2.25. The van der Waals surface area contributed by atoms with Gasteiger partial charge in [0, 0.05) is 19.1 Å². The molecule has 0 spiro atoms. The smallest absolute Gasteiger partial charge is 0.310 e. The van der Waals surface area contributed by atoms with Crippen molar-refractivity contribution in [2.45, 2.75) is 38.8 Å². The Morgan fingerprint density at radius 3 is 2.36 bits per heavy atom. The van der Waals surface area contributed by atoms with E-state index < -0.39 is 18.0 Å². The van der Waals surface area contributed by atoms with Gasteiger partial charge in [0.2, 0.25) is 0 Å². The van der Waals surface area contributed by atoms with E-state index in [1.54, 1.807) is 0 Å². The second-order valence-corrected chi connectivity index (χ2v) is 3.94. The van der Waals surface area contributed by atoms with E-state index >= 15 is 0 Å². The summed E-state index contributed by atoms with van der Waals surface area (Å²) in [4.78, 5) is 12.9. The molecule has 4 nitrogen and oxygen atoms in total. The summed E-state index contributed by atoms with van der Waals surface area (Å²) in [5, 5.41) is 18.4. The number of carboxylic acid groups (broad SMARTS) is 1. The lowest BCUT2D eigenvalue weighted by atomic mass is 10.1. The molecule has 1 saturated heterocycles. The summed E-state index contributed by atoms with van der Waals surface area (Å²) < 4.78 is 0. The van der Waals surface area contributed by atoms with Gasteiger partial charge in [0.25, 0.3) is 0 Å². The predicted octanol–water partition coefficient (Wildman–Crippen LogP) is 0.552. The van der Waals surface area contributed by atoms with Crippen LogP contribution in [-0.2, 0) is 4.79 Å². The molecule has 1 heterocycles. The topological polar surface area (TPSA) is 60.8 Å². The van der Waals surface area contributed by atoms with E-state index in [9.17, 15) is 9.90 Å². The van der Waals surface area contributed by atoms with Crippen LogP contribution in [0.2, 0.25) is 0 Å². The molecule has 4 heteroatoms. The third-order valence-corrected chi connectivity index (χ3v) is 3.09. The van der Waals surface area contributed by atoms with Gasteiger partial charge in [-0.15, -0.1) is 0 Å². The summed E-state index contributed by atoms with van der Waals surface area (Å²) in [5.41, 5.74) is 0. The fourth-order valence-corrected chi connectivity index (χ4v) is 2.16. The number of rotatable bonds is 4. The second kappa shape index (κ2) is 4.75. The zero-order chi connectivity index (χ0) is 10.7. The van der Waals surface area contributed by atoms with Gasteiger partial charge in [0.15, 0.2) is 0 Å². The van der Waals surface area contributed by atoms with E-state index in [1.807, 2.05) is 0 Å². The van der Waals surface area contributed by atoms with Crippen molar-refractivity contribution in [1.29, 1.82) is 0 Å². The second-order valence-electron chi connectivity index (χ2n) is 3.94. The van der Waals surface area contributed by atoms with Crippen LogP contribution in [0.15, 0.2) is 0 Å². The van der Waals surface area contributed by atoms with Crippen LogP contribution in [0.5, 0.6) is 0 Å². The first-order valence-electron chi connectivity index (χ1n) is 5.25.